The summed E-state index contributed by atoms with van der Waals surface area (Å²) in [4.78, 5) is 11.5. The summed E-state index contributed by atoms with van der Waals surface area (Å²) in [5, 5.41) is 0. The molecular weight excluding hydrogens is 855 g/mol. The number of benzene rings is 5. The van der Waals surface area contributed by atoms with Crippen LogP contribution in [0.2, 0.25) is 0 Å². The summed E-state index contributed by atoms with van der Waals surface area (Å²) in [7, 11) is 0. The molecule has 0 unspecified atom stereocenters. The maximum Gasteiger partial charge on any atom is 0.138 e. The van der Waals surface area contributed by atoms with E-state index < -0.39 is 0 Å². The number of aryl methyl sites for hydroxylation is 4. The smallest absolute Gasteiger partial charge is 0.138 e. The van der Waals surface area contributed by atoms with Gasteiger partial charge in [-0.25, -0.2) is 0 Å². The molecule has 2 aliphatic heterocycles. The first-order valence-electron chi connectivity index (χ1n) is 18.4. The molecule has 0 atom stereocenters. The molecule has 7 aromatic rings. The Balaban J connectivity index is 0.000000178. The Kier molecular flexibility index (Phi) is 10.5. The number of hydrogen-bond acceptors (Lipinski definition) is 5. The average molecular weight is 898 g/mol. The Morgan fingerprint density at radius 3 is 2.04 bits per heavy atom. The van der Waals surface area contributed by atoms with Crippen molar-refractivity contribution in [2.45, 2.75) is 54.9 Å². The molecule has 0 N–H and O–H groups in total. The van der Waals surface area contributed by atoms with Gasteiger partial charge in [0.2, 0.25) is 0 Å². The molecule has 6 heteroatoms. The number of ether oxygens (including phenoxy) is 2. The molecular formula is C49H43IrN3O2-2. The van der Waals surface area contributed by atoms with Crippen molar-refractivity contribution in [1.29, 1.82) is 0 Å². The van der Waals surface area contributed by atoms with Crippen LogP contribution in [0.15, 0.2) is 122 Å². The molecule has 4 heterocycles. The zero-order valence-corrected chi connectivity index (χ0v) is 34.6. The summed E-state index contributed by atoms with van der Waals surface area (Å²) in [6, 6.07) is 44.0. The summed E-state index contributed by atoms with van der Waals surface area (Å²) < 4.78 is 12.7. The van der Waals surface area contributed by atoms with E-state index >= 15 is 0 Å². The number of aromatic nitrogens is 2. The molecule has 0 saturated heterocycles. The second-order valence-corrected chi connectivity index (χ2v) is 15.4. The monoisotopic (exact) mass is 898 g/mol. The van der Waals surface area contributed by atoms with Crippen LogP contribution in [0.4, 0.5) is 17.1 Å². The maximum atomic E-state index is 6.47. The largest absolute Gasteiger partial charge is 0.497 e. The first kappa shape index (κ1) is 37.8. The van der Waals surface area contributed by atoms with Gasteiger partial charge in [0.15, 0.2) is 0 Å². The number of nitrogens with zero attached hydrogens (tertiary/aromatic N) is 3. The Labute approximate surface area is 338 Å². The number of para-hydroxylation sites is 4. The summed E-state index contributed by atoms with van der Waals surface area (Å²) in [6.45, 7) is 15.2. The topological polar surface area (TPSA) is 47.5 Å². The molecule has 277 valence electrons. The van der Waals surface area contributed by atoms with Gasteiger partial charge in [-0.05, 0) is 96.6 Å². The van der Waals surface area contributed by atoms with Gasteiger partial charge in [0.1, 0.15) is 11.5 Å². The van der Waals surface area contributed by atoms with E-state index in [0.29, 0.717) is 0 Å². The van der Waals surface area contributed by atoms with Crippen molar-refractivity contribution >= 4 is 17.1 Å². The van der Waals surface area contributed by atoms with Crippen LogP contribution in [0.3, 0.4) is 0 Å². The third kappa shape index (κ3) is 7.71. The van der Waals surface area contributed by atoms with Crippen molar-refractivity contribution in [3.63, 3.8) is 0 Å². The van der Waals surface area contributed by atoms with E-state index in [0.717, 1.165) is 69.0 Å². The fourth-order valence-corrected chi connectivity index (χ4v) is 7.21. The van der Waals surface area contributed by atoms with E-state index in [1.807, 2.05) is 60.9 Å². The molecule has 0 bridgehead atoms. The quantitative estimate of drug-likeness (QED) is 0.165. The number of anilines is 3. The minimum absolute atomic E-state index is 0. The standard InChI is InChI=1S/C28H23N2O2.C21H20N.Ir/c1-28(2,3)17-18-14-15-29-20(16-18)19-12-13-25-26-27(19)32-24-11-7-5-9-22(24)30(26)21-8-4-6-10-23(21)31-25;1-14-5-8-18(9-6-14)21-12-20(17(4)13-22-21)19-10-7-15(2)11-16(19)3;/h4-11,13-16H,17H2,1-3H3;5-8,10-13H,1-4H3;/q2*-1;. The van der Waals surface area contributed by atoms with E-state index in [4.69, 9.17) is 9.47 Å². The van der Waals surface area contributed by atoms with Crippen molar-refractivity contribution < 1.29 is 29.6 Å². The molecule has 2 aliphatic rings. The van der Waals surface area contributed by atoms with Gasteiger partial charge in [-0.15, -0.1) is 47.5 Å². The van der Waals surface area contributed by atoms with Crippen LogP contribution >= 0.6 is 0 Å². The molecule has 5 nitrogen and oxygen atoms in total. The maximum absolute atomic E-state index is 6.47. The van der Waals surface area contributed by atoms with E-state index in [2.05, 4.69) is 136 Å². The molecule has 2 aromatic heterocycles. The number of pyridine rings is 2. The predicted molar refractivity (Wildman–Crippen MR) is 219 cm³/mol. The van der Waals surface area contributed by atoms with E-state index in [9.17, 15) is 0 Å². The number of hydrogen-bond donors (Lipinski definition) is 0. The normalized spacial score (nSPS) is 12.1. The zero-order chi connectivity index (χ0) is 37.6. The number of rotatable bonds is 4. The SMILES string of the molecule is CC(C)(C)Cc1ccnc(-c2[c-]cc3c4c2Oc2ccccc2N4c2ccccc2O3)c1.Cc1c[c-]c(-c2cc(-c3ccc(C)cc3C)c(C)cn2)cc1.[Ir]. The van der Waals surface area contributed by atoms with Gasteiger partial charge < -0.3 is 24.3 Å². The van der Waals surface area contributed by atoms with Gasteiger partial charge in [0.05, 0.1) is 22.9 Å². The van der Waals surface area contributed by atoms with Crippen molar-refractivity contribution in [1.82, 2.24) is 9.97 Å². The molecule has 1 radical (unpaired) electrons. The van der Waals surface area contributed by atoms with Gasteiger partial charge in [-0.2, -0.15) is 0 Å². The minimum Gasteiger partial charge on any atom is -0.497 e. The van der Waals surface area contributed by atoms with E-state index in [1.165, 1.54) is 38.9 Å². The predicted octanol–water partition coefficient (Wildman–Crippen LogP) is 13.3. The van der Waals surface area contributed by atoms with Crippen LogP contribution in [0.25, 0.3) is 33.6 Å². The molecule has 0 aliphatic carbocycles. The molecule has 0 amide bonds. The first-order valence-corrected chi connectivity index (χ1v) is 18.4. The summed E-state index contributed by atoms with van der Waals surface area (Å²) >= 11 is 0. The fourth-order valence-electron chi connectivity index (χ4n) is 7.21. The van der Waals surface area contributed by atoms with Gasteiger partial charge in [-0.3, -0.25) is 0 Å². The third-order valence-corrected chi connectivity index (χ3v) is 9.73. The molecule has 5 aromatic carbocycles. The zero-order valence-electron chi connectivity index (χ0n) is 32.2. The Bertz CT molecular complexity index is 2510. The van der Waals surface area contributed by atoms with E-state index in [-0.39, 0.29) is 25.5 Å². The molecule has 9 rings (SSSR count). The van der Waals surface area contributed by atoms with Gasteiger partial charge in [0, 0.05) is 38.2 Å². The van der Waals surface area contributed by atoms with E-state index in [1.54, 1.807) is 0 Å². The molecule has 0 spiro atoms. The van der Waals surface area contributed by atoms with Crippen molar-refractivity contribution in [2.75, 3.05) is 4.90 Å². The van der Waals surface area contributed by atoms with Gasteiger partial charge in [0.25, 0.3) is 0 Å². The van der Waals surface area contributed by atoms with Crippen molar-refractivity contribution in [2.24, 2.45) is 5.41 Å². The molecule has 0 fully saturated rings. The molecule has 0 saturated carbocycles. The minimum atomic E-state index is 0. The Morgan fingerprint density at radius 1 is 0.636 bits per heavy atom. The summed E-state index contributed by atoms with van der Waals surface area (Å²) in [6.07, 6.45) is 4.80. The molecule has 55 heavy (non-hydrogen) atoms. The first-order chi connectivity index (χ1) is 26.0. The van der Waals surface area contributed by atoms with Gasteiger partial charge in [-0.1, -0.05) is 99.0 Å². The van der Waals surface area contributed by atoms with Crippen molar-refractivity contribution in [3.8, 4) is 56.6 Å². The summed E-state index contributed by atoms with van der Waals surface area (Å²) in [5.41, 5.74) is 15.5. The van der Waals surface area contributed by atoms with Crippen LogP contribution in [0.5, 0.6) is 23.0 Å². The average Bonchev–Trinajstić information content (AvgIpc) is 3.15. The van der Waals surface area contributed by atoms with Crippen LogP contribution in [-0.4, -0.2) is 9.97 Å². The van der Waals surface area contributed by atoms with Crippen LogP contribution in [0.1, 0.15) is 48.6 Å². The summed E-state index contributed by atoms with van der Waals surface area (Å²) in [5.74, 6) is 3.06. The second kappa shape index (κ2) is 15.3. The van der Waals surface area contributed by atoms with Crippen LogP contribution < -0.4 is 14.4 Å². The fraction of sp³-hybridized carbons (Fsp3) is 0.184. The Morgan fingerprint density at radius 2 is 1.35 bits per heavy atom. The number of fused-ring (bicyclic) bond motifs is 4. The Hall–Kier alpha value is -5.55. The van der Waals surface area contributed by atoms with Crippen LogP contribution in [0, 0.1) is 45.2 Å². The van der Waals surface area contributed by atoms with Crippen molar-refractivity contribution in [3.05, 3.63) is 162 Å². The third-order valence-electron chi connectivity index (χ3n) is 9.73. The van der Waals surface area contributed by atoms with Crippen LogP contribution in [-0.2, 0) is 26.5 Å². The van der Waals surface area contributed by atoms with Gasteiger partial charge >= 0.3 is 0 Å². The second-order valence-electron chi connectivity index (χ2n) is 15.4.